The van der Waals surface area contributed by atoms with E-state index in [0.717, 1.165) is 25.1 Å². The molecule has 1 heteroatoms. The number of likely N-dealkylation sites (tertiary alicyclic amines) is 1. The maximum atomic E-state index is 5.39. The number of allylic oxidation sites excluding steroid dienone is 1. The van der Waals surface area contributed by atoms with Crippen LogP contribution in [0.1, 0.15) is 49.7 Å². The topological polar surface area (TPSA) is 3.24 Å². The van der Waals surface area contributed by atoms with E-state index in [1.165, 1.54) is 30.5 Å². The Morgan fingerprint density at radius 3 is 2.47 bits per heavy atom. The van der Waals surface area contributed by atoms with Gasteiger partial charge in [-0.1, -0.05) is 38.0 Å². The van der Waals surface area contributed by atoms with Gasteiger partial charge in [-0.2, -0.15) is 0 Å². The molecule has 0 amide bonds. The van der Waals surface area contributed by atoms with E-state index in [1.54, 1.807) is 0 Å². The smallest absolute Gasteiger partial charge is 0.0242 e. The Hall–Kier alpha value is -1.68. The third-order valence-corrected chi connectivity index (χ3v) is 4.03. The zero-order chi connectivity index (χ0) is 13.7. The quantitative estimate of drug-likeness (QED) is 0.728. The SMILES string of the molecule is C#Cc1ccc(C2CCN(C(=C)CCC)CC2)cc1. The summed E-state index contributed by atoms with van der Waals surface area (Å²) in [4.78, 5) is 2.45. The molecule has 0 N–H and O–H groups in total. The monoisotopic (exact) mass is 253 g/mol. The molecular weight excluding hydrogens is 230 g/mol. The average molecular weight is 253 g/mol. The second kappa shape index (κ2) is 6.48. The lowest BCUT2D eigenvalue weighted by molar-refractivity contribution is 0.256. The van der Waals surface area contributed by atoms with E-state index in [-0.39, 0.29) is 0 Å². The Bertz CT molecular complexity index is 455. The van der Waals surface area contributed by atoms with Crippen LogP contribution in [0.3, 0.4) is 0 Å². The van der Waals surface area contributed by atoms with Gasteiger partial charge in [0.2, 0.25) is 0 Å². The van der Waals surface area contributed by atoms with Gasteiger partial charge < -0.3 is 4.90 Å². The lowest BCUT2D eigenvalue weighted by Gasteiger charge is -2.35. The molecule has 1 aliphatic rings. The van der Waals surface area contributed by atoms with Gasteiger partial charge in [0.1, 0.15) is 0 Å². The predicted molar refractivity (Wildman–Crippen MR) is 82.0 cm³/mol. The van der Waals surface area contributed by atoms with E-state index >= 15 is 0 Å². The molecule has 19 heavy (non-hydrogen) atoms. The highest BCUT2D eigenvalue weighted by Crippen LogP contribution is 2.29. The van der Waals surface area contributed by atoms with Crippen molar-refractivity contribution in [2.24, 2.45) is 0 Å². The Kier molecular flexibility index (Phi) is 4.68. The molecule has 0 atom stereocenters. The number of terminal acetylenes is 1. The molecule has 100 valence electrons. The minimum Gasteiger partial charge on any atom is -0.375 e. The van der Waals surface area contributed by atoms with E-state index in [2.05, 4.69) is 48.6 Å². The van der Waals surface area contributed by atoms with Crippen LogP contribution in [0.15, 0.2) is 36.5 Å². The van der Waals surface area contributed by atoms with Crippen LogP contribution in [0.5, 0.6) is 0 Å². The molecule has 1 aromatic carbocycles. The summed E-state index contributed by atoms with van der Waals surface area (Å²) in [5, 5.41) is 0. The molecule has 0 radical (unpaired) electrons. The zero-order valence-electron chi connectivity index (χ0n) is 11.9. The Morgan fingerprint density at radius 1 is 1.32 bits per heavy atom. The highest BCUT2D eigenvalue weighted by atomic mass is 15.1. The summed E-state index contributed by atoms with van der Waals surface area (Å²) >= 11 is 0. The van der Waals surface area contributed by atoms with Gasteiger partial charge in [-0.15, -0.1) is 6.42 Å². The molecule has 0 saturated carbocycles. The van der Waals surface area contributed by atoms with Crippen molar-refractivity contribution in [3.05, 3.63) is 47.7 Å². The summed E-state index contributed by atoms with van der Waals surface area (Å²) in [5.41, 5.74) is 3.71. The standard InChI is InChI=1S/C18H23N/c1-4-6-15(3)19-13-11-18(12-14-19)17-9-7-16(5-2)8-10-17/h2,7-10,18H,3-4,6,11-14H2,1H3. The molecule has 2 rings (SSSR count). The lowest BCUT2D eigenvalue weighted by atomic mass is 9.88. The van der Waals surface area contributed by atoms with Gasteiger partial charge in [-0.05, 0) is 42.9 Å². The second-order valence-electron chi connectivity index (χ2n) is 5.34. The number of nitrogens with zero attached hydrogens (tertiary/aromatic N) is 1. The predicted octanol–water partition coefficient (Wildman–Crippen LogP) is 4.16. The summed E-state index contributed by atoms with van der Waals surface area (Å²) in [6.07, 6.45) is 10.1. The third-order valence-electron chi connectivity index (χ3n) is 4.03. The summed E-state index contributed by atoms with van der Waals surface area (Å²) in [6.45, 7) is 8.68. The Labute approximate surface area is 117 Å². The molecule has 0 spiro atoms. The minimum absolute atomic E-state index is 0.678. The van der Waals surface area contributed by atoms with Crippen LogP contribution >= 0.6 is 0 Å². The first-order chi connectivity index (χ1) is 9.24. The first-order valence-electron chi connectivity index (χ1n) is 7.24. The van der Waals surface area contributed by atoms with Crippen molar-refractivity contribution >= 4 is 0 Å². The van der Waals surface area contributed by atoms with Crippen LogP contribution in [0, 0.1) is 12.3 Å². The fourth-order valence-corrected chi connectivity index (χ4v) is 2.83. The van der Waals surface area contributed by atoms with Gasteiger partial charge in [0.05, 0.1) is 0 Å². The van der Waals surface area contributed by atoms with Crippen LogP contribution in [0.4, 0.5) is 0 Å². The van der Waals surface area contributed by atoms with Gasteiger partial charge in [0.25, 0.3) is 0 Å². The third kappa shape index (κ3) is 3.41. The molecule has 1 aliphatic heterocycles. The minimum atomic E-state index is 0.678. The second-order valence-corrected chi connectivity index (χ2v) is 5.34. The van der Waals surface area contributed by atoms with Crippen LogP contribution in [-0.4, -0.2) is 18.0 Å². The zero-order valence-corrected chi connectivity index (χ0v) is 11.9. The molecule has 1 aromatic rings. The maximum absolute atomic E-state index is 5.39. The highest BCUT2D eigenvalue weighted by molar-refractivity contribution is 5.35. The van der Waals surface area contributed by atoms with E-state index in [0.29, 0.717) is 5.92 Å². The molecule has 0 unspecified atom stereocenters. The number of rotatable bonds is 4. The molecule has 0 aliphatic carbocycles. The Morgan fingerprint density at radius 2 is 1.95 bits per heavy atom. The van der Waals surface area contributed by atoms with Crippen LogP contribution in [0.2, 0.25) is 0 Å². The van der Waals surface area contributed by atoms with Gasteiger partial charge in [-0.25, -0.2) is 0 Å². The van der Waals surface area contributed by atoms with E-state index < -0.39 is 0 Å². The van der Waals surface area contributed by atoms with Gasteiger partial charge in [-0.3, -0.25) is 0 Å². The fourth-order valence-electron chi connectivity index (χ4n) is 2.83. The van der Waals surface area contributed by atoms with Crippen molar-refractivity contribution in [1.29, 1.82) is 0 Å². The van der Waals surface area contributed by atoms with Crippen molar-refractivity contribution in [3.8, 4) is 12.3 Å². The largest absolute Gasteiger partial charge is 0.375 e. The van der Waals surface area contributed by atoms with Crippen LogP contribution < -0.4 is 0 Å². The Balaban J connectivity index is 1.92. The summed E-state index contributed by atoms with van der Waals surface area (Å²) < 4.78 is 0. The summed E-state index contributed by atoms with van der Waals surface area (Å²) in [5.74, 6) is 3.35. The molecule has 1 heterocycles. The van der Waals surface area contributed by atoms with Gasteiger partial charge in [0.15, 0.2) is 0 Å². The summed E-state index contributed by atoms with van der Waals surface area (Å²) in [7, 11) is 0. The van der Waals surface area contributed by atoms with E-state index in [4.69, 9.17) is 6.42 Å². The molecule has 0 bridgehead atoms. The normalized spacial score (nSPS) is 16.1. The summed E-state index contributed by atoms with van der Waals surface area (Å²) in [6, 6.07) is 8.49. The molecule has 0 aromatic heterocycles. The number of hydrogen-bond donors (Lipinski definition) is 0. The van der Waals surface area contributed by atoms with Gasteiger partial charge in [0, 0.05) is 24.4 Å². The van der Waals surface area contributed by atoms with Crippen molar-refractivity contribution in [3.63, 3.8) is 0 Å². The molecule has 1 fully saturated rings. The van der Waals surface area contributed by atoms with Crippen molar-refractivity contribution in [2.75, 3.05) is 13.1 Å². The molecular formula is C18H23N. The number of hydrogen-bond acceptors (Lipinski definition) is 1. The van der Waals surface area contributed by atoms with Gasteiger partial charge >= 0.3 is 0 Å². The lowest BCUT2D eigenvalue weighted by Crippen LogP contribution is -2.32. The number of benzene rings is 1. The highest BCUT2D eigenvalue weighted by Gasteiger charge is 2.20. The first kappa shape index (κ1) is 13.7. The average Bonchev–Trinajstić information content (AvgIpc) is 2.48. The van der Waals surface area contributed by atoms with Crippen molar-refractivity contribution in [1.82, 2.24) is 4.90 Å². The first-order valence-corrected chi connectivity index (χ1v) is 7.24. The van der Waals surface area contributed by atoms with Crippen molar-refractivity contribution < 1.29 is 0 Å². The van der Waals surface area contributed by atoms with Crippen LogP contribution in [-0.2, 0) is 0 Å². The fraction of sp³-hybridized carbons (Fsp3) is 0.444. The number of piperidine rings is 1. The van der Waals surface area contributed by atoms with E-state index in [1.807, 2.05) is 0 Å². The maximum Gasteiger partial charge on any atom is 0.0242 e. The van der Waals surface area contributed by atoms with E-state index in [9.17, 15) is 0 Å². The molecule has 1 saturated heterocycles. The van der Waals surface area contributed by atoms with Crippen molar-refractivity contribution in [2.45, 2.75) is 38.5 Å². The molecule has 1 nitrogen and oxygen atoms in total. The van der Waals surface area contributed by atoms with Crippen LogP contribution in [0.25, 0.3) is 0 Å².